The fraction of sp³-hybridized carbons (Fsp3) is 0.647. The lowest BCUT2D eigenvalue weighted by molar-refractivity contribution is -0.138. The number of rotatable bonds is 3. The average Bonchev–Trinajstić information content (AvgIpc) is 2.56. The molecule has 0 bridgehead atoms. The van der Waals surface area contributed by atoms with Crippen LogP contribution in [0.4, 0.5) is 14.6 Å². The van der Waals surface area contributed by atoms with Crippen molar-refractivity contribution >= 4 is 27.7 Å². The fourth-order valence-electron chi connectivity index (χ4n) is 3.42. The van der Waals surface area contributed by atoms with E-state index in [1.807, 2.05) is 12.1 Å². The molecule has 1 aromatic heterocycles. The molecule has 0 N–H and O–H groups in total. The summed E-state index contributed by atoms with van der Waals surface area (Å²) in [5.74, 6) is -1.29. The summed E-state index contributed by atoms with van der Waals surface area (Å²) < 4.78 is 27.3. The highest BCUT2D eigenvalue weighted by molar-refractivity contribution is 9.10. The Labute approximate surface area is 149 Å². The van der Waals surface area contributed by atoms with Crippen LogP contribution in [-0.2, 0) is 4.79 Å². The first-order chi connectivity index (χ1) is 11.4. The summed E-state index contributed by atoms with van der Waals surface area (Å²) in [6.45, 7) is 2.11. The second kappa shape index (κ2) is 7.33. The normalized spacial score (nSPS) is 21.8. The third kappa shape index (κ3) is 4.23. The Morgan fingerprint density at radius 3 is 2.54 bits per heavy atom. The summed E-state index contributed by atoms with van der Waals surface area (Å²) in [6.07, 6.45) is 3.71. The Hall–Kier alpha value is -1.24. The summed E-state index contributed by atoms with van der Waals surface area (Å²) in [7, 11) is 0. The number of alkyl halides is 2. The van der Waals surface area contributed by atoms with E-state index in [2.05, 4.69) is 25.8 Å². The zero-order chi connectivity index (χ0) is 17.2. The first kappa shape index (κ1) is 17.6. The smallest absolute Gasteiger partial charge is 0.251 e. The summed E-state index contributed by atoms with van der Waals surface area (Å²) in [4.78, 5) is 20.6. The van der Waals surface area contributed by atoms with Gasteiger partial charge in [0.15, 0.2) is 0 Å². The molecule has 0 aromatic carbocycles. The SMILES string of the molecule is O=C(CC1CCN(c2ncccc2Br)CC1)N1CCC(F)(F)CC1. The molecule has 2 aliphatic heterocycles. The molecule has 0 saturated carbocycles. The predicted molar refractivity (Wildman–Crippen MR) is 92.3 cm³/mol. The van der Waals surface area contributed by atoms with E-state index in [9.17, 15) is 13.6 Å². The van der Waals surface area contributed by atoms with Crippen LogP contribution in [0.25, 0.3) is 0 Å². The highest BCUT2D eigenvalue weighted by Gasteiger charge is 2.36. The van der Waals surface area contributed by atoms with Crippen LogP contribution in [0.5, 0.6) is 0 Å². The van der Waals surface area contributed by atoms with Gasteiger partial charge in [0.05, 0.1) is 4.47 Å². The van der Waals surface area contributed by atoms with Crippen LogP contribution < -0.4 is 4.90 Å². The van der Waals surface area contributed by atoms with E-state index in [0.29, 0.717) is 12.3 Å². The van der Waals surface area contributed by atoms with E-state index in [4.69, 9.17) is 0 Å². The zero-order valence-corrected chi connectivity index (χ0v) is 15.1. The molecule has 132 valence electrons. The van der Waals surface area contributed by atoms with Crippen molar-refractivity contribution in [3.8, 4) is 0 Å². The van der Waals surface area contributed by atoms with Crippen LogP contribution in [-0.4, -0.2) is 47.9 Å². The summed E-state index contributed by atoms with van der Waals surface area (Å²) in [5.41, 5.74) is 0. The van der Waals surface area contributed by atoms with Crippen molar-refractivity contribution in [2.45, 2.75) is 38.0 Å². The minimum Gasteiger partial charge on any atom is -0.356 e. The van der Waals surface area contributed by atoms with Crippen molar-refractivity contribution in [2.24, 2.45) is 5.92 Å². The number of pyridine rings is 1. The van der Waals surface area contributed by atoms with Crippen LogP contribution in [0.3, 0.4) is 0 Å². The van der Waals surface area contributed by atoms with Crippen molar-refractivity contribution in [2.75, 3.05) is 31.1 Å². The van der Waals surface area contributed by atoms with Crippen molar-refractivity contribution in [1.82, 2.24) is 9.88 Å². The number of carbonyl (C=O) groups is 1. The molecular formula is C17H22BrF2N3O. The zero-order valence-electron chi connectivity index (χ0n) is 13.6. The number of aromatic nitrogens is 1. The topological polar surface area (TPSA) is 36.4 Å². The van der Waals surface area contributed by atoms with Gasteiger partial charge in [-0.25, -0.2) is 13.8 Å². The molecule has 24 heavy (non-hydrogen) atoms. The lowest BCUT2D eigenvalue weighted by Crippen LogP contribution is -2.44. The van der Waals surface area contributed by atoms with E-state index in [1.165, 1.54) is 0 Å². The number of likely N-dealkylation sites (tertiary alicyclic amines) is 1. The van der Waals surface area contributed by atoms with Crippen molar-refractivity contribution in [1.29, 1.82) is 0 Å². The first-order valence-corrected chi connectivity index (χ1v) is 9.25. The summed E-state index contributed by atoms with van der Waals surface area (Å²) in [6, 6.07) is 3.87. The molecule has 0 spiro atoms. The van der Waals surface area contributed by atoms with Crippen LogP contribution in [0.2, 0.25) is 0 Å². The molecule has 3 heterocycles. The van der Waals surface area contributed by atoms with Gasteiger partial charge in [0.2, 0.25) is 5.91 Å². The number of piperidine rings is 2. The maximum atomic E-state index is 13.2. The van der Waals surface area contributed by atoms with Crippen LogP contribution >= 0.6 is 15.9 Å². The predicted octanol–water partition coefficient (Wildman–Crippen LogP) is 3.71. The van der Waals surface area contributed by atoms with E-state index >= 15 is 0 Å². The van der Waals surface area contributed by atoms with Crippen LogP contribution in [0.1, 0.15) is 32.1 Å². The minimum absolute atomic E-state index is 0.0305. The molecule has 0 unspecified atom stereocenters. The van der Waals surface area contributed by atoms with Crippen LogP contribution in [0.15, 0.2) is 22.8 Å². The lowest BCUT2D eigenvalue weighted by Gasteiger charge is -2.35. The van der Waals surface area contributed by atoms with Gasteiger partial charge in [-0.2, -0.15) is 0 Å². The molecule has 4 nitrogen and oxygen atoms in total. The number of halogens is 3. The molecule has 3 rings (SSSR count). The molecule has 2 aliphatic rings. The third-order valence-corrected chi connectivity index (χ3v) is 5.58. The standard InChI is InChI=1S/C17H22BrF2N3O/c18-14-2-1-7-21-16(14)23-8-3-13(4-9-23)12-15(24)22-10-5-17(19,20)6-11-22/h1-2,7,13H,3-6,8-12H2. The van der Waals surface area contributed by atoms with E-state index < -0.39 is 5.92 Å². The van der Waals surface area contributed by atoms with Gasteiger partial charge in [-0.1, -0.05) is 0 Å². The van der Waals surface area contributed by atoms with E-state index in [0.717, 1.165) is 36.2 Å². The molecule has 1 aromatic rings. The number of hydrogen-bond donors (Lipinski definition) is 0. The number of nitrogens with zero attached hydrogens (tertiary/aromatic N) is 3. The van der Waals surface area contributed by atoms with Crippen molar-refractivity contribution < 1.29 is 13.6 Å². The van der Waals surface area contributed by atoms with Gasteiger partial charge in [-0.3, -0.25) is 4.79 Å². The maximum Gasteiger partial charge on any atom is 0.251 e. The Balaban J connectivity index is 1.47. The Morgan fingerprint density at radius 2 is 1.92 bits per heavy atom. The monoisotopic (exact) mass is 401 g/mol. The van der Waals surface area contributed by atoms with Gasteiger partial charge in [-0.05, 0) is 46.8 Å². The molecule has 1 amide bonds. The summed E-state index contributed by atoms with van der Waals surface area (Å²) in [5, 5.41) is 0. The minimum atomic E-state index is -2.60. The molecule has 2 fully saturated rings. The Kier molecular flexibility index (Phi) is 5.37. The van der Waals surface area contributed by atoms with Gasteiger partial charge in [0, 0.05) is 51.6 Å². The number of anilines is 1. The molecular weight excluding hydrogens is 380 g/mol. The van der Waals surface area contributed by atoms with E-state index in [1.54, 1.807) is 11.1 Å². The molecule has 7 heteroatoms. The molecule has 0 aliphatic carbocycles. The molecule has 0 radical (unpaired) electrons. The van der Waals surface area contributed by atoms with Gasteiger partial charge in [0.25, 0.3) is 5.92 Å². The second-order valence-corrected chi connectivity index (χ2v) is 7.53. The number of amides is 1. The van der Waals surface area contributed by atoms with Crippen molar-refractivity contribution in [3.05, 3.63) is 22.8 Å². The van der Waals surface area contributed by atoms with Gasteiger partial charge in [0.1, 0.15) is 5.82 Å². The Morgan fingerprint density at radius 1 is 1.25 bits per heavy atom. The second-order valence-electron chi connectivity index (χ2n) is 6.68. The van der Waals surface area contributed by atoms with Gasteiger partial charge < -0.3 is 9.80 Å². The molecule has 0 atom stereocenters. The highest BCUT2D eigenvalue weighted by Crippen LogP contribution is 2.31. The van der Waals surface area contributed by atoms with E-state index in [-0.39, 0.29) is 31.8 Å². The largest absolute Gasteiger partial charge is 0.356 e. The number of carbonyl (C=O) groups excluding carboxylic acids is 1. The highest BCUT2D eigenvalue weighted by atomic mass is 79.9. The Bertz CT molecular complexity index is 581. The lowest BCUT2D eigenvalue weighted by atomic mass is 9.92. The first-order valence-electron chi connectivity index (χ1n) is 8.46. The average molecular weight is 402 g/mol. The van der Waals surface area contributed by atoms with Crippen molar-refractivity contribution in [3.63, 3.8) is 0 Å². The van der Waals surface area contributed by atoms with Gasteiger partial charge >= 0.3 is 0 Å². The quantitative estimate of drug-likeness (QED) is 0.774. The number of hydrogen-bond acceptors (Lipinski definition) is 3. The van der Waals surface area contributed by atoms with Crippen LogP contribution in [0, 0.1) is 5.92 Å². The molecule has 2 saturated heterocycles. The maximum absolute atomic E-state index is 13.2. The summed E-state index contributed by atoms with van der Waals surface area (Å²) >= 11 is 3.52. The fourth-order valence-corrected chi connectivity index (χ4v) is 3.92. The third-order valence-electron chi connectivity index (χ3n) is 4.96. The van der Waals surface area contributed by atoms with Gasteiger partial charge in [-0.15, -0.1) is 0 Å².